The van der Waals surface area contributed by atoms with E-state index in [0.717, 1.165) is 17.2 Å². The van der Waals surface area contributed by atoms with Gasteiger partial charge in [0, 0.05) is 26.2 Å². The fraction of sp³-hybridized carbons (Fsp3) is 0.273. The molecule has 0 saturated carbocycles. The topological polar surface area (TPSA) is 35.9 Å². The van der Waals surface area contributed by atoms with E-state index >= 15 is 0 Å². The minimum absolute atomic E-state index is 0.184. The summed E-state index contributed by atoms with van der Waals surface area (Å²) in [5.41, 5.74) is 2.92. The van der Waals surface area contributed by atoms with E-state index in [1.54, 1.807) is 12.1 Å². The van der Waals surface area contributed by atoms with Crippen molar-refractivity contribution in [3.8, 4) is 0 Å². The van der Waals surface area contributed by atoms with Gasteiger partial charge in [0.15, 0.2) is 5.17 Å². The highest BCUT2D eigenvalue weighted by Crippen LogP contribution is 2.31. The van der Waals surface area contributed by atoms with E-state index in [1.807, 2.05) is 29.2 Å². The van der Waals surface area contributed by atoms with E-state index in [1.165, 1.54) is 23.4 Å². The number of aryl methyl sites for hydroxylation is 1. The molecule has 2 heterocycles. The van der Waals surface area contributed by atoms with Crippen molar-refractivity contribution < 1.29 is 9.18 Å². The van der Waals surface area contributed by atoms with Crippen LogP contribution in [0.25, 0.3) is 6.08 Å². The van der Waals surface area contributed by atoms with Crippen molar-refractivity contribution in [2.24, 2.45) is 4.99 Å². The molecule has 6 heteroatoms. The quantitative estimate of drug-likeness (QED) is 0.731. The van der Waals surface area contributed by atoms with E-state index in [0.29, 0.717) is 36.8 Å². The first-order valence-corrected chi connectivity index (χ1v) is 10.3. The minimum Gasteiger partial charge on any atom is -0.366 e. The van der Waals surface area contributed by atoms with E-state index in [2.05, 4.69) is 28.9 Å². The van der Waals surface area contributed by atoms with Gasteiger partial charge in [0.05, 0.1) is 10.6 Å². The van der Waals surface area contributed by atoms with Crippen molar-refractivity contribution in [1.29, 1.82) is 0 Å². The molecule has 0 aromatic heterocycles. The van der Waals surface area contributed by atoms with Crippen LogP contribution in [0.2, 0.25) is 0 Å². The maximum Gasteiger partial charge on any atom is 0.286 e. The number of nitrogens with zero attached hydrogens (tertiary/aromatic N) is 3. The maximum absolute atomic E-state index is 14.0. The molecule has 0 aliphatic carbocycles. The Kier molecular flexibility index (Phi) is 5.48. The lowest BCUT2D eigenvalue weighted by molar-refractivity contribution is -0.113. The van der Waals surface area contributed by atoms with Crippen LogP contribution in [0.1, 0.15) is 18.1 Å². The van der Waals surface area contributed by atoms with Crippen LogP contribution in [0.15, 0.2) is 58.4 Å². The second-order valence-electron chi connectivity index (χ2n) is 6.83. The number of para-hydroxylation sites is 1. The Morgan fingerprint density at radius 1 is 1.04 bits per heavy atom. The fourth-order valence-corrected chi connectivity index (χ4v) is 4.35. The van der Waals surface area contributed by atoms with Gasteiger partial charge >= 0.3 is 0 Å². The van der Waals surface area contributed by atoms with Gasteiger partial charge in [-0.25, -0.2) is 4.39 Å². The first-order chi connectivity index (χ1) is 13.6. The highest BCUT2D eigenvalue weighted by molar-refractivity contribution is 8.18. The lowest BCUT2D eigenvalue weighted by atomic mass is 10.1. The Hall–Kier alpha value is -2.60. The Morgan fingerprint density at radius 2 is 1.71 bits per heavy atom. The molecule has 1 amide bonds. The lowest BCUT2D eigenvalue weighted by Gasteiger charge is -2.36. The third-order valence-corrected chi connectivity index (χ3v) is 6.08. The lowest BCUT2D eigenvalue weighted by Crippen LogP contribution is -2.48. The summed E-state index contributed by atoms with van der Waals surface area (Å²) in [6, 6.07) is 15.1. The van der Waals surface area contributed by atoms with Crippen LogP contribution in [0.4, 0.5) is 10.1 Å². The number of aliphatic imine (C=N–C) groups is 1. The zero-order chi connectivity index (χ0) is 19.5. The number of benzene rings is 2. The van der Waals surface area contributed by atoms with Gasteiger partial charge in [0.1, 0.15) is 5.82 Å². The number of anilines is 1. The molecule has 1 saturated heterocycles. The van der Waals surface area contributed by atoms with Crippen LogP contribution in [0, 0.1) is 5.82 Å². The molecule has 0 radical (unpaired) electrons. The Morgan fingerprint density at radius 3 is 2.39 bits per heavy atom. The average Bonchev–Trinajstić information content (AvgIpc) is 3.09. The van der Waals surface area contributed by atoms with Crippen LogP contribution in [-0.2, 0) is 11.2 Å². The molecule has 0 unspecified atom stereocenters. The third-order valence-electron chi connectivity index (χ3n) is 5.04. The molecule has 2 aromatic carbocycles. The van der Waals surface area contributed by atoms with E-state index in [4.69, 9.17) is 0 Å². The van der Waals surface area contributed by atoms with Gasteiger partial charge in [-0.15, -0.1) is 0 Å². The monoisotopic (exact) mass is 395 g/mol. The van der Waals surface area contributed by atoms with Crippen LogP contribution in [-0.4, -0.2) is 42.2 Å². The fourth-order valence-electron chi connectivity index (χ4n) is 3.38. The Balaban J connectivity index is 1.40. The largest absolute Gasteiger partial charge is 0.366 e. The summed E-state index contributed by atoms with van der Waals surface area (Å²) in [7, 11) is 0. The number of carbonyl (C=O) groups is 1. The third kappa shape index (κ3) is 3.97. The molecule has 0 bridgehead atoms. The predicted octanol–water partition coefficient (Wildman–Crippen LogP) is 4.18. The van der Waals surface area contributed by atoms with Crippen molar-refractivity contribution in [3.05, 3.63) is 70.4 Å². The van der Waals surface area contributed by atoms with Crippen molar-refractivity contribution in [3.63, 3.8) is 0 Å². The molecule has 0 spiro atoms. The summed E-state index contributed by atoms with van der Waals surface area (Å²) in [5, 5.41) is 0.745. The summed E-state index contributed by atoms with van der Waals surface area (Å²) in [4.78, 5) is 21.4. The predicted molar refractivity (Wildman–Crippen MR) is 114 cm³/mol. The molecular weight excluding hydrogens is 373 g/mol. The van der Waals surface area contributed by atoms with Gasteiger partial charge in [-0.05, 0) is 47.5 Å². The number of halogens is 1. The molecule has 4 rings (SSSR count). The summed E-state index contributed by atoms with van der Waals surface area (Å²) in [6.45, 7) is 4.95. The van der Waals surface area contributed by atoms with Gasteiger partial charge in [-0.3, -0.25) is 4.79 Å². The van der Waals surface area contributed by atoms with Gasteiger partial charge in [0.2, 0.25) is 0 Å². The van der Waals surface area contributed by atoms with Gasteiger partial charge in [-0.2, -0.15) is 4.99 Å². The molecule has 0 N–H and O–H groups in total. The van der Waals surface area contributed by atoms with Crippen molar-refractivity contribution in [2.45, 2.75) is 13.3 Å². The molecule has 144 valence electrons. The highest BCUT2D eigenvalue weighted by atomic mass is 32.2. The van der Waals surface area contributed by atoms with Crippen LogP contribution in [0.3, 0.4) is 0 Å². The first-order valence-electron chi connectivity index (χ1n) is 9.50. The van der Waals surface area contributed by atoms with Crippen LogP contribution < -0.4 is 4.90 Å². The van der Waals surface area contributed by atoms with Crippen LogP contribution in [0.5, 0.6) is 0 Å². The molecule has 4 nitrogen and oxygen atoms in total. The SMILES string of the molecule is CCc1ccc(C=C2SC(N3CCN(c4ccccc4F)CC3)=NC2=O)cc1. The van der Waals surface area contributed by atoms with Crippen molar-refractivity contribution in [2.75, 3.05) is 31.1 Å². The van der Waals surface area contributed by atoms with E-state index in [9.17, 15) is 9.18 Å². The smallest absolute Gasteiger partial charge is 0.286 e. The zero-order valence-corrected chi connectivity index (χ0v) is 16.6. The highest BCUT2D eigenvalue weighted by Gasteiger charge is 2.29. The Bertz CT molecular complexity index is 931. The summed E-state index contributed by atoms with van der Waals surface area (Å²) < 4.78 is 14.0. The van der Waals surface area contributed by atoms with Gasteiger partial charge in [-0.1, -0.05) is 43.3 Å². The minimum atomic E-state index is -0.196. The Labute approximate surface area is 168 Å². The first kappa shape index (κ1) is 18.7. The molecule has 2 aromatic rings. The summed E-state index contributed by atoms with van der Waals surface area (Å²) in [6.07, 6.45) is 2.90. The van der Waals surface area contributed by atoms with E-state index in [-0.39, 0.29) is 11.7 Å². The molecule has 2 aliphatic heterocycles. The average molecular weight is 396 g/mol. The van der Waals surface area contributed by atoms with Gasteiger partial charge < -0.3 is 9.80 Å². The van der Waals surface area contributed by atoms with Gasteiger partial charge in [0.25, 0.3) is 5.91 Å². The zero-order valence-electron chi connectivity index (χ0n) is 15.8. The normalized spacial score (nSPS) is 18.7. The van der Waals surface area contributed by atoms with E-state index < -0.39 is 0 Å². The summed E-state index contributed by atoms with van der Waals surface area (Å²) >= 11 is 1.43. The molecular formula is C22H22FN3OS. The molecule has 0 atom stereocenters. The molecule has 2 aliphatic rings. The number of rotatable bonds is 3. The second kappa shape index (κ2) is 8.19. The van der Waals surface area contributed by atoms with Crippen molar-refractivity contribution >= 4 is 34.6 Å². The molecule has 28 heavy (non-hydrogen) atoms. The number of hydrogen-bond acceptors (Lipinski definition) is 4. The second-order valence-corrected chi connectivity index (χ2v) is 7.84. The van der Waals surface area contributed by atoms with Crippen LogP contribution >= 0.6 is 11.8 Å². The number of amides is 1. The molecule has 1 fully saturated rings. The standard InChI is InChI=1S/C22H22FN3OS/c1-2-16-7-9-17(10-8-16)15-20-21(27)24-22(28-20)26-13-11-25(12-14-26)19-6-4-3-5-18(19)23/h3-10,15H,2,11-14H2,1H3. The number of carbonyl (C=O) groups excluding carboxylic acids is 1. The number of amidine groups is 1. The number of thioether (sulfide) groups is 1. The summed E-state index contributed by atoms with van der Waals surface area (Å²) in [5.74, 6) is -0.380. The number of piperazine rings is 1. The number of hydrogen-bond donors (Lipinski definition) is 0. The van der Waals surface area contributed by atoms with Crippen molar-refractivity contribution in [1.82, 2.24) is 4.90 Å². The maximum atomic E-state index is 14.0.